The van der Waals surface area contributed by atoms with E-state index < -0.39 is 10.8 Å². The molecule has 19 heavy (non-hydrogen) atoms. The van der Waals surface area contributed by atoms with Crippen LogP contribution in [0.5, 0.6) is 0 Å². The summed E-state index contributed by atoms with van der Waals surface area (Å²) in [6.07, 6.45) is 0. The first-order chi connectivity index (χ1) is 8.81. The van der Waals surface area contributed by atoms with E-state index in [1.54, 1.807) is 0 Å². The summed E-state index contributed by atoms with van der Waals surface area (Å²) < 4.78 is 0. The first kappa shape index (κ1) is 15.4. The topological polar surface area (TPSA) is 98.3 Å². The van der Waals surface area contributed by atoms with E-state index in [2.05, 4.69) is 5.32 Å². The molecular formula is C12H16ClN3O3. The van der Waals surface area contributed by atoms with E-state index in [1.165, 1.54) is 18.2 Å². The van der Waals surface area contributed by atoms with Gasteiger partial charge in [-0.1, -0.05) is 25.4 Å². The predicted octanol–water partition coefficient (Wildman–Crippen LogP) is 1.96. The van der Waals surface area contributed by atoms with Gasteiger partial charge in [0.2, 0.25) is 0 Å². The number of rotatable bonds is 5. The Morgan fingerprint density at radius 3 is 2.63 bits per heavy atom. The minimum absolute atomic E-state index is 0.146. The summed E-state index contributed by atoms with van der Waals surface area (Å²) in [5.41, 5.74) is 5.73. The van der Waals surface area contributed by atoms with Gasteiger partial charge < -0.3 is 11.1 Å². The minimum Gasteiger partial charge on any atom is -0.350 e. The maximum atomic E-state index is 11.9. The van der Waals surface area contributed by atoms with Gasteiger partial charge in [-0.25, -0.2) is 0 Å². The normalized spacial score (nSPS) is 12.3. The van der Waals surface area contributed by atoms with Crippen LogP contribution in [0.15, 0.2) is 18.2 Å². The summed E-state index contributed by atoms with van der Waals surface area (Å²) in [6.45, 7) is 4.19. The number of nitrogens with zero attached hydrogens (tertiary/aromatic N) is 1. The molecule has 0 aliphatic rings. The number of carbonyl (C=O) groups is 1. The van der Waals surface area contributed by atoms with Crippen LogP contribution >= 0.6 is 11.6 Å². The zero-order valence-electron chi connectivity index (χ0n) is 10.7. The maximum Gasteiger partial charge on any atom is 0.271 e. The second-order valence-electron chi connectivity index (χ2n) is 4.57. The minimum atomic E-state index is -0.595. The lowest BCUT2D eigenvalue weighted by Crippen LogP contribution is -2.40. The van der Waals surface area contributed by atoms with E-state index in [9.17, 15) is 14.9 Å². The van der Waals surface area contributed by atoms with Gasteiger partial charge in [0.25, 0.3) is 11.6 Å². The summed E-state index contributed by atoms with van der Waals surface area (Å²) in [6, 6.07) is 3.59. The summed E-state index contributed by atoms with van der Waals surface area (Å²) in [5.74, 6) is -0.198. The fraction of sp³-hybridized carbons (Fsp3) is 0.417. The molecule has 0 saturated heterocycles. The summed E-state index contributed by atoms with van der Waals surface area (Å²) in [7, 11) is 0. The molecule has 0 aliphatic heterocycles. The smallest absolute Gasteiger partial charge is 0.271 e. The Kier molecular flexibility index (Phi) is 5.26. The van der Waals surface area contributed by atoms with Crippen molar-refractivity contribution in [1.29, 1.82) is 0 Å². The number of nitro benzene ring substituents is 1. The average Bonchev–Trinajstić information content (AvgIpc) is 2.34. The second kappa shape index (κ2) is 6.49. The molecular weight excluding hydrogens is 270 g/mol. The fourth-order valence-corrected chi connectivity index (χ4v) is 1.59. The summed E-state index contributed by atoms with van der Waals surface area (Å²) in [4.78, 5) is 21.9. The van der Waals surface area contributed by atoms with Gasteiger partial charge in [0.05, 0.1) is 4.92 Å². The molecule has 0 saturated carbocycles. The highest BCUT2D eigenvalue weighted by molar-refractivity contribution is 6.31. The molecule has 1 amide bonds. The van der Waals surface area contributed by atoms with Crippen LogP contribution in [0.25, 0.3) is 0 Å². The first-order valence-corrected chi connectivity index (χ1v) is 6.18. The Bertz CT molecular complexity index is 491. The van der Waals surface area contributed by atoms with Crippen molar-refractivity contribution >= 4 is 23.2 Å². The second-order valence-corrected chi connectivity index (χ2v) is 5.01. The quantitative estimate of drug-likeness (QED) is 0.638. The lowest BCUT2D eigenvalue weighted by atomic mass is 10.1. The van der Waals surface area contributed by atoms with E-state index in [4.69, 9.17) is 17.3 Å². The van der Waals surface area contributed by atoms with Gasteiger partial charge in [-0.2, -0.15) is 0 Å². The molecule has 104 valence electrons. The van der Waals surface area contributed by atoms with Gasteiger partial charge in [0, 0.05) is 35.3 Å². The third kappa shape index (κ3) is 4.50. The van der Waals surface area contributed by atoms with E-state index in [0.29, 0.717) is 6.54 Å². The van der Waals surface area contributed by atoms with Crippen LogP contribution in [0.1, 0.15) is 24.2 Å². The number of hydrogen-bond acceptors (Lipinski definition) is 4. The Morgan fingerprint density at radius 1 is 1.47 bits per heavy atom. The van der Waals surface area contributed by atoms with Crippen molar-refractivity contribution in [2.24, 2.45) is 11.7 Å². The van der Waals surface area contributed by atoms with Crippen LogP contribution in [0.4, 0.5) is 5.69 Å². The van der Waals surface area contributed by atoms with Crippen LogP contribution < -0.4 is 11.1 Å². The fourth-order valence-electron chi connectivity index (χ4n) is 1.36. The molecule has 6 nitrogen and oxygen atoms in total. The maximum absolute atomic E-state index is 11.9. The highest BCUT2D eigenvalue weighted by Gasteiger charge is 2.15. The van der Waals surface area contributed by atoms with Crippen LogP contribution in [0, 0.1) is 16.0 Å². The SMILES string of the molecule is CC(C)C(N)CNC(=O)c1cc(Cl)cc([N+](=O)[O-])c1. The highest BCUT2D eigenvalue weighted by atomic mass is 35.5. The molecule has 0 spiro atoms. The Balaban J connectivity index is 2.80. The van der Waals surface area contributed by atoms with E-state index in [-0.39, 0.29) is 28.2 Å². The lowest BCUT2D eigenvalue weighted by Gasteiger charge is -2.16. The van der Waals surface area contributed by atoms with Crippen molar-refractivity contribution in [2.75, 3.05) is 6.54 Å². The number of nitrogens with one attached hydrogen (secondary N) is 1. The molecule has 3 N–H and O–H groups in total. The van der Waals surface area contributed by atoms with Gasteiger partial charge in [0.1, 0.15) is 0 Å². The first-order valence-electron chi connectivity index (χ1n) is 5.80. The molecule has 0 aliphatic carbocycles. The standard InChI is InChI=1S/C12H16ClN3O3/c1-7(2)11(14)6-15-12(17)8-3-9(13)5-10(4-8)16(18)19/h3-5,7,11H,6,14H2,1-2H3,(H,15,17). The number of non-ortho nitro benzene ring substituents is 1. The van der Waals surface area contributed by atoms with Gasteiger partial charge in [-0.15, -0.1) is 0 Å². The van der Waals surface area contributed by atoms with Crippen LogP contribution in [0.2, 0.25) is 5.02 Å². The van der Waals surface area contributed by atoms with Crippen molar-refractivity contribution in [3.8, 4) is 0 Å². The van der Waals surface area contributed by atoms with Gasteiger partial charge in [-0.05, 0) is 12.0 Å². The molecule has 0 aromatic heterocycles. The molecule has 0 radical (unpaired) electrons. The van der Waals surface area contributed by atoms with Crippen LogP contribution in [-0.2, 0) is 0 Å². The number of carbonyl (C=O) groups excluding carboxylic acids is 1. The van der Waals surface area contributed by atoms with Crippen molar-refractivity contribution in [3.63, 3.8) is 0 Å². The highest BCUT2D eigenvalue weighted by Crippen LogP contribution is 2.20. The Hall–Kier alpha value is -1.66. The Morgan fingerprint density at radius 2 is 2.11 bits per heavy atom. The van der Waals surface area contributed by atoms with E-state index in [1.807, 2.05) is 13.8 Å². The van der Waals surface area contributed by atoms with Gasteiger partial charge >= 0.3 is 0 Å². The van der Waals surface area contributed by atoms with E-state index in [0.717, 1.165) is 0 Å². The zero-order chi connectivity index (χ0) is 14.6. The molecule has 0 bridgehead atoms. The van der Waals surface area contributed by atoms with Gasteiger partial charge in [-0.3, -0.25) is 14.9 Å². The number of hydrogen-bond donors (Lipinski definition) is 2. The largest absolute Gasteiger partial charge is 0.350 e. The summed E-state index contributed by atoms with van der Waals surface area (Å²) in [5, 5.41) is 13.5. The molecule has 1 aromatic carbocycles. The van der Waals surface area contributed by atoms with Crippen molar-refractivity contribution in [1.82, 2.24) is 5.32 Å². The molecule has 1 aromatic rings. The zero-order valence-corrected chi connectivity index (χ0v) is 11.5. The molecule has 0 fully saturated rings. The number of halogens is 1. The molecule has 1 rings (SSSR count). The van der Waals surface area contributed by atoms with Crippen LogP contribution in [-0.4, -0.2) is 23.4 Å². The lowest BCUT2D eigenvalue weighted by molar-refractivity contribution is -0.384. The van der Waals surface area contributed by atoms with Gasteiger partial charge in [0.15, 0.2) is 0 Å². The predicted molar refractivity (Wildman–Crippen MR) is 73.3 cm³/mol. The Labute approximate surface area is 116 Å². The number of amides is 1. The summed E-state index contributed by atoms with van der Waals surface area (Å²) >= 11 is 5.74. The third-order valence-corrected chi connectivity index (χ3v) is 2.93. The number of benzene rings is 1. The van der Waals surface area contributed by atoms with E-state index >= 15 is 0 Å². The molecule has 0 heterocycles. The molecule has 1 unspecified atom stereocenters. The third-order valence-electron chi connectivity index (χ3n) is 2.71. The average molecular weight is 286 g/mol. The number of nitro groups is 1. The monoisotopic (exact) mass is 285 g/mol. The van der Waals surface area contributed by atoms with Crippen molar-refractivity contribution in [2.45, 2.75) is 19.9 Å². The van der Waals surface area contributed by atoms with Crippen LogP contribution in [0.3, 0.4) is 0 Å². The molecule has 1 atom stereocenters. The van der Waals surface area contributed by atoms with Crippen molar-refractivity contribution in [3.05, 3.63) is 38.9 Å². The number of nitrogens with two attached hydrogens (primary N) is 1. The molecule has 7 heteroatoms. The van der Waals surface area contributed by atoms with Crippen molar-refractivity contribution < 1.29 is 9.72 Å².